The highest BCUT2D eigenvalue weighted by Crippen LogP contribution is 2.24. The molecule has 5 heteroatoms. The Morgan fingerprint density at radius 2 is 1.89 bits per heavy atom. The Kier molecular flexibility index (Phi) is 4.19. The molecule has 0 spiro atoms. The van der Waals surface area contributed by atoms with Crippen molar-refractivity contribution in [2.75, 3.05) is 0 Å². The summed E-state index contributed by atoms with van der Waals surface area (Å²) in [7, 11) is 0. The molecule has 0 radical (unpaired) electrons. The average molecular weight is 334 g/mol. The number of benzene rings is 2. The largest absolute Gasteiger partial charge is 0.489 e. The predicted octanol–water partition coefficient (Wildman–Crippen LogP) is 4.96. The Morgan fingerprint density at radius 3 is 2.61 bits per heavy atom. The fraction of sp³-hybridized carbons (Fsp3) is 0.0769. The monoisotopic (exact) mass is 332 g/mol. The summed E-state index contributed by atoms with van der Waals surface area (Å²) in [4.78, 5) is 0. The highest BCUT2D eigenvalue weighted by atomic mass is 79.9. The van der Waals surface area contributed by atoms with Gasteiger partial charge in [-0.3, -0.25) is 0 Å². The van der Waals surface area contributed by atoms with Crippen LogP contribution in [0.25, 0.3) is 0 Å². The third kappa shape index (κ3) is 3.00. The van der Waals surface area contributed by atoms with E-state index in [1.807, 2.05) is 0 Å². The van der Waals surface area contributed by atoms with Crippen molar-refractivity contribution in [2.45, 2.75) is 6.61 Å². The smallest absolute Gasteiger partial charge is 0.142 e. The molecule has 0 unspecified atom stereocenters. The highest BCUT2D eigenvalue weighted by Gasteiger charge is 2.07. The van der Waals surface area contributed by atoms with Gasteiger partial charge in [0, 0.05) is 11.6 Å². The first kappa shape index (κ1) is 13.3. The minimum atomic E-state index is -0.504. The molecule has 0 aliphatic heterocycles. The van der Waals surface area contributed by atoms with Crippen LogP contribution in [0.4, 0.5) is 8.78 Å². The molecule has 2 aromatic carbocycles. The van der Waals surface area contributed by atoms with Crippen LogP contribution in [-0.2, 0) is 6.61 Å². The van der Waals surface area contributed by atoms with Gasteiger partial charge < -0.3 is 4.74 Å². The molecule has 0 aliphatic rings. The first-order valence-electron chi connectivity index (χ1n) is 5.08. The van der Waals surface area contributed by atoms with Gasteiger partial charge in [-0.25, -0.2) is 8.78 Å². The molecule has 18 heavy (non-hydrogen) atoms. The van der Waals surface area contributed by atoms with Crippen molar-refractivity contribution in [1.29, 1.82) is 0 Å². The standard InChI is InChI=1S/C13H8BrClF2O/c14-13-8(2-1-3-12(13)17)7-18-9-4-5-11(16)10(15)6-9/h1-6H,7H2. The van der Waals surface area contributed by atoms with Crippen molar-refractivity contribution in [3.05, 3.63) is 63.1 Å². The summed E-state index contributed by atoms with van der Waals surface area (Å²) in [6.45, 7) is 0.167. The third-order valence-electron chi connectivity index (χ3n) is 2.32. The Labute approximate surface area is 116 Å². The van der Waals surface area contributed by atoms with Crippen LogP contribution in [0.5, 0.6) is 5.75 Å². The third-order valence-corrected chi connectivity index (χ3v) is 3.49. The van der Waals surface area contributed by atoms with Gasteiger partial charge in [0.15, 0.2) is 0 Å². The van der Waals surface area contributed by atoms with Crippen LogP contribution in [0.2, 0.25) is 5.02 Å². The van der Waals surface area contributed by atoms with E-state index in [0.717, 1.165) is 0 Å². The van der Waals surface area contributed by atoms with Crippen molar-refractivity contribution in [1.82, 2.24) is 0 Å². The molecule has 0 fully saturated rings. The molecule has 0 aromatic heterocycles. The van der Waals surface area contributed by atoms with E-state index in [0.29, 0.717) is 15.8 Å². The second kappa shape index (κ2) is 5.67. The van der Waals surface area contributed by atoms with Gasteiger partial charge in [-0.1, -0.05) is 23.7 Å². The van der Waals surface area contributed by atoms with E-state index in [9.17, 15) is 8.78 Å². The molecule has 0 saturated heterocycles. The van der Waals surface area contributed by atoms with Crippen molar-refractivity contribution in [3.63, 3.8) is 0 Å². The summed E-state index contributed by atoms with van der Waals surface area (Å²) < 4.78 is 32.0. The van der Waals surface area contributed by atoms with E-state index in [4.69, 9.17) is 16.3 Å². The lowest BCUT2D eigenvalue weighted by atomic mass is 10.2. The molecule has 0 aliphatic carbocycles. The quantitative estimate of drug-likeness (QED) is 0.771. The van der Waals surface area contributed by atoms with E-state index in [1.54, 1.807) is 12.1 Å². The maximum absolute atomic E-state index is 13.2. The van der Waals surface area contributed by atoms with Gasteiger partial charge in [0.1, 0.15) is 24.0 Å². The molecule has 0 bridgehead atoms. The van der Waals surface area contributed by atoms with E-state index >= 15 is 0 Å². The van der Waals surface area contributed by atoms with Crippen molar-refractivity contribution < 1.29 is 13.5 Å². The molecule has 0 N–H and O–H groups in total. The van der Waals surface area contributed by atoms with Crippen LogP contribution in [0.15, 0.2) is 40.9 Å². The zero-order valence-electron chi connectivity index (χ0n) is 9.09. The summed E-state index contributed by atoms with van der Waals surface area (Å²) in [6, 6.07) is 8.74. The molecule has 94 valence electrons. The van der Waals surface area contributed by atoms with E-state index in [2.05, 4.69) is 15.9 Å². The lowest BCUT2D eigenvalue weighted by Gasteiger charge is -2.08. The van der Waals surface area contributed by atoms with E-state index in [1.165, 1.54) is 24.3 Å². The molecule has 0 atom stereocenters. The van der Waals surface area contributed by atoms with Crippen molar-refractivity contribution in [2.24, 2.45) is 0 Å². The van der Waals surface area contributed by atoms with E-state index < -0.39 is 5.82 Å². The van der Waals surface area contributed by atoms with Gasteiger partial charge in [0.25, 0.3) is 0 Å². The Balaban J connectivity index is 2.11. The molecule has 1 nitrogen and oxygen atoms in total. The molecule has 0 amide bonds. The number of ether oxygens (including phenoxy) is 1. The normalized spacial score (nSPS) is 10.4. The van der Waals surface area contributed by atoms with Gasteiger partial charge in [-0.05, 0) is 34.1 Å². The predicted molar refractivity (Wildman–Crippen MR) is 69.8 cm³/mol. The van der Waals surface area contributed by atoms with Gasteiger partial charge in [-0.15, -0.1) is 0 Å². The Bertz CT molecular complexity index is 575. The molecular weight excluding hydrogens is 325 g/mol. The average Bonchev–Trinajstić information content (AvgIpc) is 2.35. The zero-order valence-corrected chi connectivity index (χ0v) is 11.4. The number of hydrogen-bond acceptors (Lipinski definition) is 1. The first-order valence-corrected chi connectivity index (χ1v) is 6.26. The second-order valence-electron chi connectivity index (χ2n) is 3.58. The maximum Gasteiger partial charge on any atom is 0.142 e. The minimum Gasteiger partial charge on any atom is -0.489 e. The maximum atomic E-state index is 13.2. The number of rotatable bonds is 3. The lowest BCUT2D eigenvalue weighted by molar-refractivity contribution is 0.304. The van der Waals surface area contributed by atoms with Crippen LogP contribution in [0.1, 0.15) is 5.56 Å². The molecule has 0 saturated carbocycles. The van der Waals surface area contributed by atoms with Crippen molar-refractivity contribution >= 4 is 27.5 Å². The van der Waals surface area contributed by atoms with Crippen LogP contribution in [-0.4, -0.2) is 0 Å². The molecule has 0 heterocycles. The van der Waals surface area contributed by atoms with Gasteiger partial charge >= 0.3 is 0 Å². The topological polar surface area (TPSA) is 9.23 Å². The number of halogens is 4. The minimum absolute atomic E-state index is 0.00851. The van der Waals surface area contributed by atoms with E-state index in [-0.39, 0.29) is 17.4 Å². The van der Waals surface area contributed by atoms with Gasteiger partial charge in [0.05, 0.1) is 9.50 Å². The molecule has 2 rings (SSSR count). The van der Waals surface area contributed by atoms with Crippen LogP contribution in [0.3, 0.4) is 0 Å². The summed E-state index contributed by atoms with van der Waals surface area (Å²) in [5.41, 5.74) is 0.662. The first-order chi connectivity index (χ1) is 8.58. The number of hydrogen-bond donors (Lipinski definition) is 0. The van der Waals surface area contributed by atoms with Gasteiger partial charge in [-0.2, -0.15) is 0 Å². The second-order valence-corrected chi connectivity index (χ2v) is 4.78. The summed E-state index contributed by atoms with van der Waals surface area (Å²) in [5.74, 6) is -0.429. The Hall–Kier alpha value is -1.13. The van der Waals surface area contributed by atoms with Crippen LogP contribution >= 0.6 is 27.5 Å². The zero-order chi connectivity index (χ0) is 13.1. The molecule has 2 aromatic rings. The Morgan fingerprint density at radius 1 is 1.11 bits per heavy atom. The lowest BCUT2D eigenvalue weighted by Crippen LogP contribution is -1.98. The fourth-order valence-electron chi connectivity index (χ4n) is 1.39. The van der Waals surface area contributed by atoms with Gasteiger partial charge in [0.2, 0.25) is 0 Å². The van der Waals surface area contributed by atoms with Crippen LogP contribution < -0.4 is 4.74 Å². The summed E-state index contributed by atoms with van der Waals surface area (Å²) in [5, 5.41) is -0.00851. The molecular formula is C13H8BrClF2O. The van der Waals surface area contributed by atoms with Crippen LogP contribution in [0, 0.1) is 11.6 Å². The highest BCUT2D eigenvalue weighted by molar-refractivity contribution is 9.10. The summed E-state index contributed by atoms with van der Waals surface area (Å²) >= 11 is 8.77. The summed E-state index contributed by atoms with van der Waals surface area (Å²) in [6.07, 6.45) is 0. The SMILES string of the molecule is Fc1ccc(OCc2cccc(F)c2Br)cc1Cl. The van der Waals surface area contributed by atoms with Crippen molar-refractivity contribution in [3.8, 4) is 5.75 Å². The fourth-order valence-corrected chi connectivity index (χ4v) is 1.94.